The SMILES string of the molecule is O=C(COc1ccc(/C=N\NC(=O)CN(c2ccccc2[N+](=O)[O-])S(=O)(=O)c2ccccc2)cc1)NCc1ccccc1. The highest BCUT2D eigenvalue weighted by Gasteiger charge is 2.31. The van der Waals surface area contributed by atoms with Gasteiger partial charge in [-0.05, 0) is 53.6 Å². The molecule has 4 aromatic rings. The molecule has 0 atom stereocenters. The fourth-order valence-corrected chi connectivity index (χ4v) is 5.30. The van der Waals surface area contributed by atoms with Crippen molar-refractivity contribution in [1.82, 2.24) is 10.7 Å². The summed E-state index contributed by atoms with van der Waals surface area (Å²) in [6.07, 6.45) is 1.33. The summed E-state index contributed by atoms with van der Waals surface area (Å²) in [5.41, 5.74) is 3.06. The van der Waals surface area contributed by atoms with Crippen molar-refractivity contribution in [2.45, 2.75) is 11.4 Å². The molecule has 0 unspecified atom stereocenters. The number of ether oxygens (including phenoxy) is 1. The molecule has 2 amide bonds. The van der Waals surface area contributed by atoms with Gasteiger partial charge in [-0.25, -0.2) is 18.1 Å². The second kappa shape index (κ2) is 14.4. The molecule has 220 valence electrons. The van der Waals surface area contributed by atoms with E-state index in [0.717, 1.165) is 11.6 Å². The minimum absolute atomic E-state index is 0.138. The van der Waals surface area contributed by atoms with Gasteiger partial charge in [0.15, 0.2) is 6.61 Å². The van der Waals surface area contributed by atoms with Crippen LogP contribution in [0.15, 0.2) is 119 Å². The molecule has 4 aromatic carbocycles. The number of benzene rings is 4. The highest BCUT2D eigenvalue weighted by molar-refractivity contribution is 7.92. The molecule has 4 rings (SSSR count). The third-order valence-electron chi connectivity index (χ3n) is 5.95. The Morgan fingerprint density at radius 2 is 1.49 bits per heavy atom. The molecule has 0 bridgehead atoms. The number of hydrogen-bond donors (Lipinski definition) is 2. The lowest BCUT2D eigenvalue weighted by Crippen LogP contribution is -2.39. The third-order valence-corrected chi connectivity index (χ3v) is 7.72. The summed E-state index contributed by atoms with van der Waals surface area (Å²) >= 11 is 0. The Balaban J connectivity index is 1.36. The molecule has 0 aliphatic carbocycles. The lowest BCUT2D eigenvalue weighted by atomic mass is 10.2. The van der Waals surface area contributed by atoms with E-state index >= 15 is 0 Å². The zero-order valence-corrected chi connectivity index (χ0v) is 23.5. The maximum absolute atomic E-state index is 13.4. The van der Waals surface area contributed by atoms with E-state index in [2.05, 4.69) is 15.8 Å². The number of amides is 2. The van der Waals surface area contributed by atoms with Crippen LogP contribution >= 0.6 is 0 Å². The summed E-state index contributed by atoms with van der Waals surface area (Å²) in [6, 6.07) is 28.6. The van der Waals surface area contributed by atoms with Crippen molar-refractivity contribution in [3.63, 3.8) is 0 Å². The Hall–Kier alpha value is -5.56. The summed E-state index contributed by atoms with van der Waals surface area (Å²) in [6.45, 7) is -0.542. The highest BCUT2D eigenvalue weighted by atomic mass is 32.2. The van der Waals surface area contributed by atoms with Crippen molar-refractivity contribution >= 4 is 39.4 Å². The van der Waals surface area contributed by atoms with E-state index in [1.54, 1.807) is 30.3 Å². The lowest BCUT2D eigenvalue weighted by molar-refractivity contribution is -0.384. The fraction of sp³-hybridized carbons (Fsp3) is 0.100. The van der Waals surface area contributed by atoms with Gasteiger partial charge in [0.25, 0.3) is 27.5 Å². The zero-order valence-electron chi connectivity index (χ0n) is 22.7. The molecular formula is C30H27N5O7S. The number of nitrogens with zero attached hydrogens (tertiary/aromatic N) is 3. The summed E-state index contributed by atoms with van der Waals surface area (Å²) in [5.74, 6) is -0.654. The minimum Gasteiger partial charge on any atom is -0.484 e. The average molecular weight is 602 g/mol. The molecule has 13 heteroatoms. The van der Waals surface area contributed by atoms with Crippen LogP contribution in [0.5, 0.6) is 5.75 Å². The molecule has 0 radical (unpaired) electrons. The summed E-state index contributed by atoms with van der Waals surface area (Å²) in [7, 11) is -4.34. The van der Waals surface area contributed by atoms with Crippen molar-refractivity contribution in [2.75, 3.05) is 17.5 Å². The maximum Gasteiger partial charge on any atom is 0.293 e. The number of carbonyl (C=O) groups excluding carboxylic acids is 2. The second-order valence-electron chi connectivity index (χ2n) is 8.98. The van der Waals surface area contributed by atoms with E-state index in [1.807, 2.05) is 30.3 Å². The van der Waals surface area contributed by atoms with Gasteiger partial charge < -0.3 is 10.1 Å². The molecule has 0 saturated heterocycles. The number of hydrogen-bond acceptors (Lipinski definition) is 8. The number of nitro groups is 1. The third kappa shape index (κ3) is 8.47. The standard InChI is InChI=1S/C30H27N5O7S/c36-29(21-34(27-13-7-8-14-28(27)35(38)39)43(40,41)26-11-5-2-6-12-26)33-32-20-24-15-17-25(18-16-24)42-22-30(37)31-19-23-9-3-1-4-10-23/h1-18,20H,19,21-22H2,(H,31,37)(H,33,36)/b32-20-. The van der Waals surface area contributed by atoms with E-state index in [1.165, 1.54) is 48.7 Å². The molecule has 0 aliphatic rings. The first-order valence-corrected chi connectivity index (χ1v) is 14.3. The van der Waals surface area contributed by atoms with Crippen molar-refractivity contribution in [3.05, 3.63) is 130 Å². The van der Waals surface area contributed by atoms with Gasteiger partial charge in [0.05, 0.1) is 16.0 Å². The van der Waals surface area contributed by atoms with Gasteiger partial charge in [0.1, 0.15) is 18.0 Å². The van der Waals surface area contributed by atoms with E-state index in [-0.39, 0.29) is 23.1 Å². The minimum atomic E-state index is -4.34. The van der Waals surface area contributed by atoms with E-state index < -0.39 is 33.1 Å². The summed E-state index contributed by atoms with van der Waals surface area (Å²) in [5, 5.41) is 18.3. The topological polar surface area (TPSA) is 160 Å². The van der Waals surface area contributed by atoms with Crippen LogP contribution in [0.2, 0.25) is 0 Å². The molecule has 0 heterocycles. The number of rotatable bonds is 13. The Kier molecular flexibility index (Phi) is 10.2. The van der Waals surface area contributed by atoms with Gasteiger partial charge in [-0.15, -0.1) is 0 Å². The van der Waals surface area contributed by atoms with Crippen LogP contribution in [0.25, 0.3) is 0 Å². The highest BCUT2D eigenvalue weighted by Crippen LogP contribution is 2.31. The lowest BCUT2D eigenvalue weighted by Gasteiger charge is -2.23. The first-order valence-electron chi connectivity index (χ1n) is 12.9. The Morgan fingerprint density at radius 3 is 2.16 bits per heavy atom. The second-order valence-corrected chi connectivity index (χ2v) is 10.8. The predicted molar refractivity (Wildman–Crippen MR) is 160 cm³/mol. The van der Waals surface area contributed by atoms with E-state index in [0.29, 0.717) is 22.2 Å². The number of nitro benzene ring substituents is 1. The van der Waals surface area contributed by atoms with Crippen molar-refractivity contribution in [1.29, 1.82) is 0 Å². The molecule has 0 aliphatic heterocycles. The van der Waals surface area contributed by atoms with Gasteiger partial charge in [0, 0.05) is 12.6 Å². The van der Waals surface area contributed by atoms with Gasteiger partial charge >= 0.3 is 0 Å². The van der Waals surface area contributed by atoms with Gasteiger partial charge in [-0.2, -0.15) is 5.10 Å². The molecule has 0 aromatic heterocycles. The first-order chi connectivity index (χ1) is 20.7. The smallest absolute Gasteiger partial charge is 0.293 e. The van der Waals surface area contributed by atoms with Crippen LogP contribution < -0.4 is 19.8 Å². The molecule has 0 fully saturated rings. The van der Waals surface area contributed by atoms with Gasteiger partial charge in [0.2, 0.25) is 0 Å². The van der Waals surface area contributed by atoms with Crippen LogP contribution in [0.3, 0.4) is 0 Å². The average Bonchev–Trinajstić information content (AvgIpc) is 3.03. The first kappa shape index (κ1) is 30.4. The normalized spacial score (nSPS) is 11.1. The summed E-state index contributed by atoms with van der Waals surface area (Å²) < 4.78 is 33.0. The van der Waals surface area contributed by atoms with Crippen LogP contribution in [-0.2, 0) is 26.2 Å². The van der Waals surface area contributed by atoms with E-state index in [9.17, 15) is 28.1 Å². The molecule has 0 spiro atoms. The quantitative estimate of drug-likeness (QED) is 0.134. The molecule has 2 N–H and O–H groups in total. The largest absolute Gasteiger partial charge is 0.484 e. The van der Waals surface area contributed by atoms with Crippen LogP contribution in [-0.4, -0.2) is 44.5 Å². The number of para-hydroxylation sites is 2. The van der Waals surface area contributed by atoms with Crippen molar-refractivity contribution in [2.24, 2.45) is 5.10 Å². The molecule has 12 nitrogen and oxygen atoms in total. The zero-order chi connectivity index (χ0) is 30.7. The maximum atomic E-state index is 13.4. The molecule has 0 saturated carbocycles. The fourth-order valence-electron chi connectivity index (χ4n) is 3.84. The number of anilines is 1. The number of nitrogens with one attached hydrogen (secondary N) is 2. The van der Waals surface area contributed by atoms with Crippen LogP contribution in [0.1, 0.15) is 11.1 Å². The Labute approximate surface area is 247 Å². The van der Waals surface area contributed by atoms with Crippen molar-refractivity contribution in [3.8, 4) is 5.75 Å². The number of carbonyl (C=O) groups is 2. The van der Waals surface area contributed by atoms with Crippen LogP contribution in [0.4, 0.5) is 11.4 Å². The Morgan fingerprint density at radius 1 is 0.860 bits per heavy atom. The number of hydrazone groups is 1. The molecule has 43 heavy (non-hydrogen) atoms. The van der Waals surface area contributed by atoms with Crippen LogP contribution in [0, 0.1) is 10.1 Å². The molecular weight excluding hydrogens is 574 g/mol. The van der Waals surface area contributed by atoms with Gasteiger partial charge in [-0.3, -0.25) is 19.7 Å². The van der Waals surface area contributed by atoms with Gasteiger partial charge in [-0.1, -0.05) is 60.7 Å². The number of sulfonamides is 1. The predicted octanol–water partition coefficient (Wildman–Crippen LogP) is 3.64. The van der Waals surface area contributed by atoms with Crippen molar-refractivity contribution < 1.29 is 27.7 Å². The van der Waals surface area contributed by atoms with E-state index in [4.69, 9.17) is 4.74 Å². The monoisotopic (exact) mass is 601 g/mol. The summed E-state index contributed by atoms with van der Waals surface area (Å²) in [4.78, 5) is 35.6. The Bertz CT molecular complexity index is 1700.